The zero-order valence-electron chi connectivity index (χ0n) is 10.8. The second-order valence-electron chi connectivity index (χ2n) is 4.81. The first-order valence-corrected chi connectivity index (χ1v) is 7.64. The Labute approximate surface area is 127 Å². The van der Waals surface area contributed by atoms with E-state index >= 15 is 0 Å². The zero-order valence-corrected chi connectivity index (χ0v) is 13.2. The maximum absolute atomic E-state index is 12.3. The number of hydrogen-bond donors (Lipinski definition) is 0. The fraction of sp³-hybridized carbons (Fsp3) is 0.500. The van der Waals surface area contributed by atoms with Crippen LogP contribution in [0.15, 0.2) is 28.7 Å². The number of nitrogens with zero attached hydrogens (tertiary/aromatic N) is 1. The molecule has 0 bridgehead atoms. The number of benzene rings is 1. The van der Waals surface area contributed by atoms with Crippen molar-refractivity contribution in [3.05, 3.63) is 34.3 Å². The van der Waals surface area contributed by atoms with Gasteiger partial charge in [-0.2, -0.15) is 0 Å². The summed E-state index contributed by atoms with van der Waals surface area (Å²) in [6, 6.07) is 7.94. The van der Waals surface area contributed by atoms with Gasteiger partial charge in [0, 0.05) is 11.0 Å². The maximum atomic E-state index is 12.3. The number of ether oxygens (including phenoxy) is 1. The van der Waals surface area contributed by atoms with Gasteiger partial charge in [0.2, 0.25) is 5.91 Å². The van der Waals surface area contributed by atoms with E-state index in [1.54, 1.807) is 0 Å². The molecular weight excluding hydrogens is 330 g/mol. The molecule has 1 aromatic rings. The highest BCUT2D eigenvalue weighted by Gasteiger charge is 2.28. The number of hydrogen-bond acceptors (Lipinski definition) is 2. The van der Waals surface area contributed by atoms with E-state index in [4.69, 9.17) is 16.3 Å². The summed E-state index contributed by atoms with van der Waals surface area (Å²) in [5.41, 5.74) is 1.02. The minimum atomic E-state index is -0.0493. The van der Waals surface area contributed by atoms with E-state index in [-0.39, 0.29) is 18.1 Å². The highest BCUT2D eigenvalue weighted by Crippen LogP contribution is 2.16. The van der Waals surface area contributed by atoms with Gasteiger partial charge in [-0.1, -0.05) is 28.1 Å². The normalized spacial score (nSPS) is 23.4. The van der Waals surface area contributed by atoms with E-state index in [1.807, 2.05) is 36.1 Å². The molecule has 19 heavy (non-hydrogen) atoms. The Balaban J connectivity index is 2.00. The van der Waals surface area contributed by atoms with Crippen molar-refractivity contribution in [2.24, 2.45) is 0 Å². The van der Waals surface area contributed by atoms with Crippen LogP contribution in [0, 0.1) is 0 Å². The zero-order chi connectivity index (χ0) is 13.8. The summed E-state index contributed by atoms with van der Waals surface area (Å²) in [6.45, 7) is 3.15. The number of amides is 1. The molecule has 1 heterocycles. The molecule has 0 N–H and O–H groups in total. The smallest absolute Gasteiger partial charge is 0.227 e. The number of morpholine rings is 1. The molecule has 0 aliphatic carbocycles. The van der Waals surface area contributed by atoms with Crippen molar-refractivity contribution in [1.29, 1.82) is 0 Å². The molecule has 0 spiro atoms. The maximum Gasteiger partial charge on any atom is 0.227 e. The van der Waals surface area contributed by atoms with E-state index in [0.717, 1.165) is 10.0 Å². The number of carbonyl (C=O) groups is 1. The van der Waals surface area contributed by atoms with Gasteiger partial charge >= 0.3 is 0 Å². The lowest BCUT2D eigenvalue weighted by Gasteiger charge is -2.37. The monoisotopic (exact) mass is 345 g/mol. The Bertz CT molecular complexity index is 438. The Kier molecular flexibility index (Phi) is 5.25. The minimum absolute atomic E-state index is 0.0493. The lowest BCUT2D eigenvalue weighted by atomic mass is 10.1. The fourth-order valence-electron chi connectivity index (χ4n) is 2.14. The molecule has 0 radical (unpaired) electrons. The van der Waals surface area contributed by atoms with Gasteiger partial charge < -0.3 is 9.64 Å². The van der Waals surface area contributed by atoms with Gasteiger partial charge in [-0.15, -0.1) is 11.6 Å². The summed E-state index contributed by atoms with van der Waals surface area (Å²) in [7, 11) is 0. The quantitative estimate of drug-likeness (QED) is 0.788. The van der Waals surface area contributed by atoms with Crippen molar-refractivity contribution >= 4 is 33.4 Å². The first-order valence-electron chi connectivity index (χ1n) is 6.31. The van der Waals surface area contributed by atoms with Crippen molar-refractivity contribution in [2.45, 2.75) is 25.5 Å². The van der Waals surface area contributed by atoms with Crippen LogP contribution in [-0.4, -0.2) is 42.0 Å². The average Bonchev–Trinajstić information content (AvgIpc) is 2.42. The lowest BCUT2D eigenvalue weighted by Crippen LogP contribution is -2.52. The molecule has 1 amide bonds. The van der Waals surface area contributed by atoms with Crippen LogP contribution in [0.1, 0.15) is 12.5 Å². The molecular formula is C14H17BrClNO2. The summed E-state index contributed by atoms with van der Waals surface area (Å²) in [6.07, 6.45) is 0.374. The van der Waals surface area contributed by atoms with Gasteiger partial charge in [0.15, 0.2) is 0 Å². The first kappa shape index (κ1) is 14.8. The van der Waals surface area contributed by atoms with E-state index in [2.05, 4.69) is 15.9 Å². The summed E-state index contributed by atoms with van der Waals surface area (Å²) in [5, 5.41) is 0. The molecule has 1 aliphatic rings. The summed E-state index contributed by atoms with van der Waals surface area (Å²) < 4.78 is 6.57. The molecule has 2 atom stereocenters. The fourth-order valence-corrected chi connectivity index (χ4v) is 2.59. The Morgan fingerprint density at radius 2 is 2.16 bits per heavy atom. The molecule has 0 saturated carbocycles. The van der Waals surface area contributed by atoms with Crippen molar-refractivity contribution in [1.82, 2.24) is 4.90 Å². The first-order chi connectivity index (χ1) is 9.10. The molecule has 5 heteroatoms. The minimum Gasteiger partial charge on any atom is -0.373 e. The van der Waals surface area contributed by atoms with Gasteiger partial charge in [0.1, 0.15) is 0 Å². The molecule has 1 saturated heterocycles. The third-order valence-electron chi connectivity index (χ3n) is 3.27. The highest BCUT2D eigenvalue weighted by molar-refractivity contribution is 9.10. The van der Waals surface area contributed by atoms with Crippen LogP contribution in [0.25, 0.3) is 0 Å². The van der Waals surface area contributed by atoms with Crippen LogP contribution in [0.3, 0.4) is 0 Å². The summed E-state index contributed by atoms with van der Waals surface area (Å²) in [4.78, 5) is 14.2. The average molecular weight is 347 g/mol. The third-order valence-corrected chi connectivity index (χ3v) is 4.14. The second-order valence-corrected chi connectivity index (χ2v) is 6.03. The third kappa shape index (κ3) is 3.94. The largest absolute Gasteiger partial charge is 0.373 e. The molecule has 1 fully saturated rings. The van der Waals surface area contributed by atoms with Crippen LogP contribution in [0.2, 0.25) is 0 Å². The Morgan fingerprint density at radius 3 is 2.79 bits per heavy atom. The van der Waals surface area contributed by atoms with Crippen LogP contribution in [0.4, 0.5) is 0 Å². The Morgan fingerprint density at radius 1 is 1.47 bits per heavy atom. The lowest BCUT2D eigenvalue weighted by molar-refractivity contribution is -0.142. The summed E-state index contributed by atoms with van der Waals surface area (Å²) >= 11 is 9.20. The van der Waals surface area contributed by atoms with Crippen molar-refractivity contribution < 1.29 is 9.53 Å². The molecule has 2 rings (SSSR count). The number of alkyl halides is 1. The standard InChI is InChI=1S/C14H17BrClNO2/c1-10-9-19-13(7-16)8-17(10)14(18)6-11-2-4-12(15)5-3-11/h2-5,10,13H,6-9H2,1H3. The molecule has 2 unspecified atom stereocenters. The van der Waals surface area contributed by atoms with E-state index in [0.29, 0.717) is 25.5 Å². The van der Waals surface area contributed by atoms with Gasteiger partial charge in [-0.3, -0.25) is 4.79 Å². The van der Waals surface area contributed by atoms with Gasteiger partial charge in [0.05, 0.1) is 31.1 Å². The van der Waals surface area contributed by atoms with Crippen LogP contribution in [0.5, 0.6) is 0 Å². The van der Waals surface area contributed by atoms with Gasteiger partial charge in [0.25, 0.3) is 0 Å². The van der Waals surface area contributed by atoms with E-state index in [1.165, 1.54) is 0 Å². The summed E-state index contributed by atoms with van der Waals surface area (Å²) in [5.74, 6) is 0.558. The van der Waals surface area contributed by atoms with Crippen LogP contribution in [-0.2, 0) is 16.0 Å². The Hall–Kier alpha value is -0.580. The van der Waals surface area contributed by atoms with Crippen molar-refractivity contribution in [3.63, 3.8) is 0 Å². The topological polar surface area (TPSA) is 29.5 Å². The highest BCUT2D eigenvalue weighted by atomic mass is 79.9. The molecule has 1 aliphatic heterocycles. The number of carbonyl (C=O) groups excluding carboxylic acids is 1. The second kappa shape index (κ2) is 6.73. The van der Waals surface area contributed by atoms with Crippen molar-refractivity contribution in [3.8, 4) is 0 Å². The SMILES string of the molecule is CC1COC(CCl)CN1C(=O)Cc1ccc(Br)cc1. The number of halogens is 2. The van der Waals surface area contributed by atoms with Crippen LogP contribution >= 0.6 is 27.5 Å². The predicted molar refractivity (Wildman–Crippen MR) is 79.5 cm³/mol. The predicted octanol–water partition coefficient (Wildman–Crippen LogP) is 2.85. The molecule has 0 aromatic heterocycles. The molecule has 1 aromatic carbocycles. The van der Waals surface area contributed by atoms with Crippen molar-refractivity contribution in [2.75, 3.05) is 19.0 Å². The van der Waals surface area contributed by atoms with Crippen LogP contribution < -0.4 is 0 Å². The van der Waals surface area contributed by atoms with Gasteiger partial charge in [-0.25, -0.2) is 0 Å². The van der Waals surface area contributed by atoms with E-state index in [9.17, 15) is 4.79 Å². The number of rotatable bonds is 3. The molecule has 3 nitrogen and oxygen atoms in total. The van der Waals surface area contributed by atoms with Gasteiger partial charge in [-0.05, 0) is 24.6 Å². The molecule has 104 valence electrons. The van der Waals surface area contributed by atoms with E-state index < -0.39 is 0 Å².